The van der Waals surface area contributed by atoms with Crippen molar-refractivity contribution in [3.63, 3.8) is 0 Å². The summed E-state index contributed by atoms with van der Waals surface area (Å²) in [5.74, 6) is -0.538. The molecule has 2 rings (SSSR count). The molecule has 0 saturated heterocycles. The van der Waals surface area contributed by atoms with Crippen LogP contribution in [0.1, 0.15) is 28.3 Å². The van der Waals surface area contributed by atoms with E-state index in [4.69, 9.17) is 0 Å². The fraction of sp³-hybridized carbons (Fsp3) is 0.200. The van der Waals surface area contributed by atoms with E-state index in [1.165, 1.54) is 4.88 Å². The van der Waals surface area contributed by atoms with Crippen molar-refractivity contribution in [3.8, 4) is 0 Å². The minimum Gasteiger partial charge on any atom is -0.378 e. The number of nitrogens with one attached hydrogen (secondary N) is 1. The van der Waals surface area contributed by atoms with Crippen LogP contribution in [0.5, 0.6) is 0 Å². The van der Waals surface area contributed by atoms with E-state index in [0.29, 0.717) is 5.56 Å². The third-order valence-corrected chi connectivity index (χ3v) is 3.90. The Morgan fingerprint density at radius 2 is 1.95 bits per heavy atom. The zero-order valence-electron chi connectivity index (χ0n) is 11.3. The maximum absolute atomic E-state index is 11.8. The van der Waals surface area contributed by atoms with Gasteiger partial charge in [0.15, 0.2) is 6.10 Å². The van der Waals surface area contributed by atoms with E-state index in [1.807, 2.05) is 32.0 Å². The third-order valence-electron chi connectivity index (χ3n) is 2.79. The van der Waals surface area contributed by atoms with Crippen LogP contribution in [0.15, 0.2) is 47.6 Å². The van der Waals surface area contributed by atoms with Gasteiger partial charge in [0, 0.05) is 4.88 Å². The zero-order chi connectivity index (χ0) is 14.5. The van der Waals surface area contributed by atoms with E-state index < -0.39 is 12.0 Å². The van der Waals surface area contributed by atoms with Crippen LogP contribution in [0, 0.1) is 6.92 Å². The highest BCUT2D eigenvalue weighted by molar-refractivity contribution is 7.14. The first-order chi connectivity index (χ1) is 9.58. The molecule has 1 aromatic carbocycles. The van der Waals surface area contributed by atoms with Gasteiger partial charge < -0.3 is 5.11 Å². The molecule has 0 fully saturated rings. The standard InChI is InChI=1S/C15H16N2O2S/c1-10-8-9-13(20-10)11(2)16-17-15(19)14(18)12-6-4-3-5-7-12/h3-9,14,18H,1-2H3,(H,17,19)/t14-/m0/s1. The van der Waals surface area contributed by atoms with Gasteiger partial charge in [-0.25, -0.2) is 5.43 Å². The molecule has 0 aliphatic rings. The smallest absolute Gasteiger partial charge is 0.273 e. The topological polar surface area (TPSA) is 61.7 Å². The van der Waals surface area contributed by atoms with Crippen LogP contribution in [0.3, 0.4) is 0 Å². The van der Waals surface area contributed by atoms with Crippen LogP contribution >= 0.6 is 11.3 Å². The predicted octanol–water partition coefficient (Wildman–Crippen LogP) is 2.63. The van der Waals surface area contributed by atoms with Gasteiger partial charge in [0.05, 0.1) is 10.6 Å². The van der Waals surface area contributed by atoms with Crippen molar-refractivity contribution in [2.45, 2.75) is 20.0 Å². The van der Waals surface area contributed by atoms with Crippen LogP contribution in [0.25, 0.3) is 0 Å². The van der Waals surface area contributed by atoms with E-state index in [9.17, 15) is 9.90 Å². The van der Waals surface area contributed by atoms with Crippen molar-refractivity contribution in [2.24, 2.45) is 5.10 Å². The Bertz CT molecular complexity index is 620. The summed E-state index contributed by atoms with van der Waals surface area (Å²) in [4.78, 5) is 14.0. The number of aliphatic hydroxyl groups excluding tert-OH is 1. The van der Waals surface area contributed by atoms with Gasteiger partial charge >= 0.3 is 0 Å². The number of hydrogen-bond donors (Lipinski definition) is 2. The number of hydrogen-bond acceptors (Lipinski definition) is 4. The normalized spacial score (nSPS) is 13.1. The van der Waals surface area contributed by atoms with Gasteiger partial charge in [0.2, 0.25) is 0 Å². The highest BCUT2D eigenvalue weighted by Gasteiger charge is 2.16. The molecule has 1 heterocycles. The second-order valence-corrected chi connectivity index (χ2v) is 5.68. The number of carbonyl (C=O) groups is 1. The second kappa shape index (κ2) is 6.45. The quantitative estimate of drug-likeness (QED) is 0.671. The third kappa shape index (κ3) is 3.53. The molecule has 0 radical (unpaired) electrons. The fourth-order valence-electron chi connectivity index (χ4n) is 1.67. The number of hydrazone groups is 1. The van der Waals surface area contributed by atoms with Crippen molar-refractivity contribution < 1.29 is 9.90 Å². The largest absolute Gasteiger partial charge is 0.378 e. The molecule has 0 aliphatic carbocycles. The maximum Gasteiger partial charge on any atom is 0.273 e. The average Bonchev–Trinajstić information content (AvgIpc) is 2.91. The van der Waals surface area contributed by atoms with E-state index in [1.54, 1.807) is 35.6 Å². The van der Waals surface area contributed by atoms with Crippen molar-refractivity contribution in [1.82, 2.24) is 5.43 Å². The van der Waals surface area contributed by atoms with E-state index in [2.05, 4.69) is 10.5 Å². The van der Waals surface area contributed by atoms with Crippen molar-refractivity contribution in [2.75, 3.05) is 0 Å². The Hall–Kier alpha value is -1.98. The number of aryl methyl sites for hydroxylation is 1. The monoisotopic (exact) mass is 288 g/mol. The molecule has 20 heavy (non-hydrogen) atoms. The molecule has 0 unspecified atom stereocenters. The number of aliphatic hydroxyl groups is 1. The lowest BCUT2D eigenvalue weighted by Crippen LogP contribution is -2.26. The van der Waals surface area contributed by atoms with E-state index in [0.717, 1.165) is 10.6 Å². The lowest BCUT2D eigenvalue weighted by molar-refractivity contribution is -0.129. The van der Waals surface area contributed by atoms with Gasteiger partial charge in [-0.15, -0.1) is 11.3 Å². The predicted molar refractivity (Wildman–Crippen MR) is 80.8 cm³/mol. The Kier molecular flexibility index (Phi) is 4.65. The molecular weight excluding hydrogens is 272 g/mol. The van der Waals surface area contributed by atoms with Gasteiger partial charge in [-0.2, -0.15) is 5.10 Å². The molecule has 0 spiro atoms. The number of nitrogens with zero attached hydrogens (tertiary/aromatic N) is 1. The van der Waals surface area contributed by atoms with E-state index >= 15 is 0 Å². The number of carbonyl (C=O) groups excluding carboxylic acids is 1. The number of rotatable bonds is 4. The zero-order valence-corrected chi connectivity index (χ0v) is 12.1. The van der Waals surface area contributed by atoms with Crippen molar-refractivity contribution in [1.29, 1.82) is 0 Å². The summed E-state index contributed by atoms with van der Waals surface area (Å²) in [7, 11) is 0. The molecule has 0 saturated carbocycles. The number of thiophene rings is 1. The van der Waals surface area contributed by atoms with Crippen LogP contribution in [-0.2, 0) is 4.79 Å². The molecule has 2 aromatic rings. The van der Waals surface area contributed by atoms with Gasteiger partial charge in [0.25, 0.3) is 5.91 Å². The highest BCUT2D eigenvalue weighted by atomic mass is 32.1. The van der Waals surface area contributed by atoms with Gasteiger partial charge in [-0.3, -0.25) is 4.79 Å². The highest BCUT2D eigenvalue weighted by Crippen LogP contribution is 2.16. The minimum atomic E-state index is -1.21. The molecule has 4 nitrogen and oxygen atoms in total. The molecule has 0 aliphatic heterocycles. The summed E-state index contributed by atoms with van der Waals surface area (Å²) in [5, 5.41) is 13.9. The van der Waals surface area contributed by atoms with Crippen LogP contribution < -0.4 is 5.43 Å². The van der Waals surface area contributed by atoms with E-state index in [-0.39, 0.29) is 0 Å². The van der Waals surface area contributed by atoms with Gasteiger partial charge in [-0.05, 0) is 31.5 Å². The maximum atomic E-state index is 11.8. The molecule has 0 bridgehead atoms. The molecule has 5 heteroatoms. The molecule has 1 aromatic heterocycles. The minimum absolute atomic E-state index is 0.538. The summed E-state index contributed by atoms with van der Waals surface area (Å²) >= 11 is 1.61. The summed E-state index contributed by atoms with van der Waals surface area (Å²) in [5.41, 5.74) is 3.66. The summed E-state index contributed by atoms with van der Waals surface area (Å²) in [6.45, 7) is 3.83. The number of benzene rings is 1. The first-order valence-corrected chi connectivity index (χ1v) is 7.03. The van der Waals surface area contributed by atoms with Crippen LogP contribution in [0.2, 0.25) is 0 Å². The van der Waals surface area contributed by atoms with Gasteiger partial charge in [0.1, 0.15) is 0 Å². The molecule has 1 atom stereocenters. The lowest BCUT2D eigenvalue weighted by atomic mass is 10.1. The molecule has 2 N–H and O–H groups in total. The molecule has 104 valence electrons. The Labute approximate surface area is 121 Å². The van der Waals surface area contributed by atoms with Crippen LogP contribution in [0.4, 0.5) is 0 Å². The number of amides is 1. The first-order valence-electron chi connectivity index (χ1n) is 6.22. The summed E-state index contributed by atoms with van der Waals surface area (Å²) < 4.78 is 0. The fourth-order valence-corrected chi connectivity index (χ4v) is 2.48. The van der Waals surface area contributed by atoms with Crippen molar-refractivity contribution >= 4 is 23.0 Å². The summed E-state index contributed by atoms with van der Waals surface area (Å²) in [6, 6.07) is 12.7. The Morgan fingerprint density at radius 3 is 2.55 bits per heavy atom. The second-order valence-electron chi connectivity index (χ2n) is 4.40. The first kappa shape index (κ1) is 14.4. The lowest BCUT2D eigenvalue weighted by Gasteiger charge is -2.09. The summed E-state index contributed by atoms with van der Waals surface area (Å²) in [6.07, 6.45) is -1.21. The molecule has 1 amide bonds. The Balaban J connectivity index is 2.01. The molecular formula is C15H16N2O2S. The SMILES string of the molecule is CC(=NNC(=O)[C@@H](O)c1ccccc1)c1ccc(C)s1. The van der Waals surface area contributed by atoms with Crippen LogP contribution in [-0.4, -0.2) is 16.7 Å². The Morgan fingerprint density at radius 1 is 1.25 bits per heavy atom. The van der Waals surface area contributed by atoms with Gasteiger partial charge in [-0.1, -0.05) is 30.3 Å². The average molecular weight is 288 g/mol. The van der Waals surface area contributed by atoms with Crippen molar-refractivity contribution in [3.05, 3.63) is 57.8 Å².